The van der Waals surface area contributed by atoms with Gasteiger partial charge in [0.15, 0.2) is 11.5 Å². The zero-order valence-corrected chi connectivity index (χ0v) is 14.3. The number of aromatic nitrogens is 2. The Labute approximate surface area is 141 Å². The Morgan fingerprint density at radius 2 is 1.96 bits per heavy atom. The number of carbonyl (C=O) groups excluding carboxylic acids is 1. The predicted octanol–water partition coefficient (Wildman–Crippen LogP) is 1.52. The van der Waals surface area contributed by atoms with Crippen LogP contribution in [-0.2, 0) is 6.42 Å². The van der Waals surface area contributed by atoms with Gasteiger partial charge >= 0.3 is 0 Å². The second-order valence-electron chi connectivity index (χ2n) is 4.61. The fourth-order valence-corrected chi connectivity index (χ4v) is 2.48. The molecule has 1 amide bonds. The molecule has 1 aromatic heterocycles. The first-order valence-corrected chi connectivity index (χ1v) is 7.58. The highest BCUT2D eigenvalue weighted by molar-refractivity contribution is 9.10. The van der Waals surface area contributed by atoms with Crippen LogP contribution in [0, 0.1) is 0 Å². The van der Waals surface area contributed by atoms with Crippen LogP contribution < -0.4 is 20.3 Å². The molecule has 8 heteroatoms. The normalized spacial score (nSPS) is 10.2. The number of nitrogens with one attached hydrogen (secondary N) is 2. The average Bonchev–Trinajstić information content (AvgIpc) is 2.56. The first-order chi connectivity index (χ1) is 11.0. The van der Waals surface area contributed by atoms with Gasteiger partial charge in [0.05, 0.1) is 14.2 Å². The molecule has 1 aromatic carbocycles. The maximum atomic E-state index is 11.9. The molecule has 23 heavy (non-hydrogen) atoms. The summed E-state index contributed by atoms with van der Waals surface area (Å²) in [5, 5.41) is 8.64. The Hall–Kier alpha value is -2.35. The number of amides is 1. The Morgan fingerprint density at radius 3 is 2.57 bits per heavy atom. The monoisotopic (exact) mass is 381 g/mol. The van der Waals surface area contributed by atoms with Crippen molar-refractivity contribution in [2.75, 3.05) is 20.8 Å². The SMILES string of the molecule is COc1cc(Br)c(CCNC(=O)c2ccc(=O)[nH]n2)cc1OC. The number of methoxy groups -OCH3 is 2. The Bertz CT molecular complexity index is 740. The van der Waals surface area contributed by atoms with Gasteiger partial charge in [0.1, 0.15) is 5.69 Å². The zero-order chi connectivity index (χ0) is 16.8. The molecule has 1 heterocycles. The number of nitrogens with zero attached hydrogens (tertiary/aromatic N) is 1. The second-order valence-corrected chi connectivity index (χ2v) is 5.47. The minimum absolute atomic E-state index is 0.163. The van der Waals surface area contributed by atoms with E-state index in [0.717, 1.165) is 10.0 Å². The van der Waals surface area contributed by atoms with Gasteiger partial charge in [-0.05, 0) is 30.2 Å². The summed E-state index contributed by atoms with van der Waals surface area (Å²) in [6.45, 7) is 0.410. The molecule has 7 nitrogen and oxygen atoms in total. The fourth-order valence-electron chi connectivity index (χ4n) is 1.96. The van der Waals surface area contributed by atoms with E-state index in [-0.39, 0.29) is 17.2 Å². The number of benzene rings is 1. The first-order valence-electron chi connectivity index (χ1n) is 6.79. The van der Waals surface area contributed by atoms with Crippen LogP contribution >= 0.6 is 15.9 Å². The van der Waals surface area contributed by atoms with E-state index in [0.29, 0.717) is 24.5 Å². The highest BCUT2D eigenvalue weighted by atomic mass is 79.9. The molecular formula is C15H16BrN3O4. The van der Waals surface area contributed by atoms with Crippen LogP contribution in [0.2, 0.25) is 0 Å². The van der Waals surface area contributed by atoms with E-state index < -0.39 is 0 Å². The summed E-state index contributed by atoms with van der Waals surface area (Å²) in [4.78, 5) is 22.8. The van der Waals surface area contributed by atoms with Crippen molar-refractivity contribution in [2.24, 2.45) is 0 Å². The molecule has 122 valence electrons. The van der Waals surface area contributed by atoms with Gasteiger partial charge < -0.3 is 14.8 Å². The number of carbonyl (C=O) groups is 1. The highest BCUT2D eigenvalue weighted by Gasteiger charge is 2.11. The number of ether oxygens (including phenoxy) is 2. The van der Waals surface area contributed by atoms with Gasteiger partial charge in [-0.15, -0.1) is 0 Å². The van der Waals surface area contributed by atoms with E-state index in [1.807, 2.05) is 12.1 Å². The summed E-state index contributed by atoms with van der Waals surface area (Å²) in [5.41, 5.74) is 0.782. The van der Waals surface area contributed by atoms with Crippen molar-refractivity contribution in [3.8, 4) is 11.5 Å². The van der Waals surface area contributed by atoms with E-state index in [2.05, 4.69) is 31.4 Å². The lowest BCUT2D eigenvalue weighted by Crippen LogP contribution is -2.27. The van der Waals surface area contributed by atoms with Crippen LogP contribution in [0.15, 0.2) is 33.5 Å². The second kappa shape index (κ2) is 7.77. The first kappa shape index (κ1) is 17.0. The van der Waals surface area contributed by atoms with Gasteiger partial charge in [-0.1, -0.05) is 15.9 Å². The topological polar surface area (TPSA) is 93.3 Å². The van der Waals surface area contributed by atoms with Crippen LogP contribution in [0.1, 0.15) is 16.1 Å². The number of hydrogen-bond donors (Lipinski definition) is 2. The largest absolute Gasteiger partial charge is 0.493 e. The van der Waals surface area contributed by atoms with Crippen molar-refractivity contribution in [3.05, 3.63) is 50.3 Å². The third-order valence-electron chi connectivity index (χ3n) is 3.14. The predicted molar refractivity (Wildman–Crippen MR) is 88.1 cm³/mol. The van der Waals surface area contributed by atoms with Crippen LogP contribution in [0.25, 0.3) is 0 Å². The molecule has 0 radical (unpaired) electrons. The lowest BCUT2D eigenvalue weighted by Gasteiger charge is -2.12. The van der Waals surface area contributed by atoms with Gasteiger partial charge in [-0.25, -0.2) is 5.10 Å². The smallest absolute Gasteiger partial charge is 0.271 e. The van der Waals surface area contributed by atoms with Crippen molar-refractivity contribution >= 4 is 21.8 Å². The third-order valence-corrected chi connectivity index (χ3v) is 3.88. The molecule has 0 saturated heterocycles. The molecule has 0 fully saturated rings. The van der Waals surface area contributed by atoms with E-state index >= 15 is 0 Å². The maximum Gasteiger partial charge on any atom is 0.271 e. The standard InChI is InChI=1S/C15H16BrN3O4/c1-22-12-7-9(10(16)8-13(12)23-2)5-6-17-15(21)11-3-4-14(20)19-18-11/h3-4,7-8H,5-6H2,1-2H3,(H,17,21)(H,19,20). The summed E-state index contributed by atoms with van der Waals surface area (Å²) in [6, 6.07) is 6.31. The molecule has 0 bridgehead atoms. The Kier molecular flexibility index (Phi) is 5.75. The lowest BCUT2D eigenvalue weighted by molar-refractivity contribution is 0.0948. The Balaban J connectivity index is 1.99. The molecule has 2 N–H and O–H groups in total. The summed E-state index contributed by atoms with van der Waals surface area (Å²) in [7, 11) is 3.14. The highest BCUT2D eigenvalue weighted by Crippen LogP contribution is 2.33. The van der Waals surface area contributed by atoms with E-state index in [9.17, 15) is 9.59 Å². The van der Waals surface area contributed by atoms with E-state index in [1.165, 1.54) is 12.1 Å². The van der Waals surface area contributed by atoms with Crippen molar-refractivity contribution in [1.82, 2.24) is 15.5 Å². The molecule has 2 rings (SSSR count). The van der Waals surface area contributed by atoms with Gasteiger partial charge in [0, 0.05) is 17.1 Å². The summed E-state index contributed by atoms with van der Waals surface area (Å²) in [5.74, 6) is 0.904. The molecule has 0 aliphatic carbocycles. The average molecular weight is 382 g/mol. The van der Waals surface area contributed by atoms with E-state index in [4.69, 9.17) is 9.47 Å². The van der Waals surface area contributed by atoms with Gasteiger partial charge in [-0.2, -0.15) is 5.10 Å². The fraction of sp³-hybridized carbons (Fsp3) is 0.267. The zero-order valence-electron chi connectivity index (χ0n) is 12.7. The van der Waals surface area contributed by atoms with E-state index in [1.54, 1.807) is 14.2 Å². The molecule has 0 atom stereocenters. The number of rotatable bonds is 6. The summed E-state index contributed by atoms with van der Waals surface area (Å²) in [6.07, 6.45) is 0.593. The molecule has 0 saturated carbocycles. The molecule has 2 aromatic rings. The minimum Gasteiger partial charge on any atom is -0.493 e. The maximum absolute atomic E-state index is 11.9. The van der Waals surface area contributed by atoms with Crippen molar-refractivity contribution in [2.45, 2.75) is 6.42 Å². The molecule has 0 aliphatic rings. The lowest BCUT2D eigenvalue weighted by atomic mass is 10.1. The van der Waals surface area contributed by atoms with Crippen molar-refractivity contribution < 1.29 is 14.3 Å². The van der Waals surface area contributed by atoms with Gasteiger partial charge in [0.2, 0.25) is 0 Å². The van der Waals surface area contributed by atoms with Crippen LogP contribution in [-0.4, -0.2) is 36.9 Å². The van der Waals surface area contributed by atoms with Crippen LogP contribution in [0.4, 0.5) is 0 Å². The van der Waals surface area contributed by atoms with Crippen LogP contribution in [0.5, 0.6) is 11.5 Å². The van der Waals surface area contributed by atoms with Gasteiger partial charge in [-0.3, -0.25) is 9.59 Å². The third kappa shape index (κ3) is 4.32. The quantitative estimate of drug-likeness (QED) is 0.790. The number of halogens is 1. The number of H-pyrrole nitrogens is 1. The minimum atomic E-state index is -0.351. The van der Waals surface area contributed by atoms with Gasteiger partial charge in [0.25, 0.3) is 11.5 Å². The number of hydrogen-bond acceptors (Lipinski definition) is 5. The molecule has 0 aliphatic heterocycles. The van der Waals surface area contributed by atoms with Crippen LogP contribution in [0.3, 0.4) is 0 Å². The summed E-state index contributed by atoms with van der Waals surface area (Å²) < 4.78 is 11.4. The van der Waals surface area contributed by atoms with Crippen molar-refractivity contribution in [3.63, 3.8) is 0 Å². The molecule has 0 spiro atoms. The molecular weight excluding hydrogens is 366 g/mol. The van der Waals surface area contributed by atoms with Crippen molar-refractivity contribution in [1.29, 1.82) is 0 Å². The Morgan fingerprint density at radius 1 is 1.26 bits per heavy atom. The summed E-state index contributed by atoms with van der Waals surface area (Å²) >= 11 is 3.47. The number of aromatic amines is 1. The molecule has 0 unspecified atom stereocenters.